The minimum absolute atomic E-state index is 0.689. The van der Waals surface area contributed by atoms with Gasteiger partial charge in [0.15, 0.2) is 0 Å². The Morgan fingerprint density at radius 1 is 1.06 bits per heavy atom. The zero-order valence-corrected chi connectivity index (χ0v) is 12.2. The van der Waals surface area contributed by atoms with Crippen LogP contribution in [0.2, 0.25) is 0 Å². The molecule has 0 saturated heterocycles. The molecule has 1 aromatic heterocycles. The molecule has 1 aliphatic rings. The number of hydrogen-bond donors (Lipinski definition) is 0. The molecule has 2 nitrogen and oxygen atoms in total. The van der Waals surface area contributed by atoms with E-state index in [0.717, 1.165) is 9.32 Å². The third-order valence-corrected chi connectivity index (χ3v) is 4.08. The summed E-state index contributed by atoms with van der Waals surface area (Å²) in [5.41, 5.74) is 2.91. The second-order valence-corrected chi connectivity index (χ2v) is 5.69. The van der Waals surface area contributed by atoms with Gasteiger partial charge in [-0.05, 0) is 83.7 Å². The normalized spacial score (nSPS) is 14.1. The first-order valence-electron chi connectivity index (χ1n) is 6.23. The summed E-state index contributed by atoms with van der Waals surface area (Å²) in [4.78, 5) is 4.26. The van der Waals surface area contributed by atoms with Crippen molar-refractivity contribution in [1.82, 2.24) is 4.98 Å². The van der Waals surface area contributed by atoms with Gasteiger partial charge in [-0.3, -0.25) is 0 Å². The van der Waals surface area contributed by atoms with E-state index in [9.17, 15) is 0 Å². The molecule has 0 unspecified atom stereocenters. The molecule has 2 aromatic rings. The molecular formula is C15H14INO. The van der Waals surface area contributed by atoms with Crippen molar-refractivity contribution in [2.75, 3.05) is 0 Å². The number of rotatable bonds is 2. The fourth-order valence-electron chi connectivity index (χ4n) is 2.33. The molecule has 1 heterocycles. The van der Waals surface area contributed by atoms with Crippen LogP contribution >= 0.6 is 22.6 Å². The summed E-state index contributed by atoms with van der Waals surface area (Å²) in [6.45, 7) is 0. The smallest absolute Gasteiger partial charge is 0.232 e. The Bertz CT molecular complexity index is 568. The van der Waals surface area contributed by atoms with Gasteiger partial charge in [0.05, 0.1) is 3.57 Å². The summed E-state index contributed by atoms with van der Waals surface area (Å²) in [6.07, 6.45) is 6.74. The zero-order valence-electron chi connectivity index (χ0n) is 10.0. The number of halogens is 1. The predicted octanol–water partition coefficient (Wildman–Crippen LogP) is 4.36. The third kappa shape index (κ3) is 2.51. The van der Waals surface area contributed by atoms with Crippen molar-refractivity contribution in [3.05, 3.63) is 51.2 Å². The molecule has 0 saturated carbocycles. The maximum atomic E-state index is 5.86. The van der Waals surface area contributed by atoms with Gasteiger partial charge < -0.3 is 4.74 Å². The van der Waals surface area contributed by atoms with Crippen LogP contribution in [0.3, 0.4) is 0 Å². The molecule has 0 fully saturated rings. The van der Waals surface area contributed by atoms with Gasteiger partial charge in [0.25, 0.3) is 0 Å². The van der Waals surface area contributed by atoms with E-state index in [2.05, 4.69) is 45.8 Å². The molecule has 0 N–H and O–H groups in total. The first-order chi connectivity index (χ1) is 8.83. The minimum atomic E-state index is 0.689. The van der Waals surface area contributed by atoms with E-state index in [-0.39, 0.29) is 0 Å². The SMILES string of the molecule is Ic1cccnc1Oc1ccc2c(c1)CCCC2. The summed E-state index contributed by atoms with van der Waals surface area (Å²) in [5.74, 6) is 1.58. The molecule has 3 rings (SSSR count). The van der Waals surface area contributed by atoms with E-state index in [1.54, 1.807) is 6.20 Å². The molecule has 92 valence electrons. The highest BCUT2D eigenvalue weighted by Crippen LogP contribution is 2.29. The van der Waals surface area contributed by atoms with E-state index in [0.29, 0.717) is 5.88 Å². The second-order valence-electron chi connectivity index (χ2n) is 4.53. The molecule has 0 atom stereocenters. The number of fused-ring (bicyclic) bond motifs is 1. The van der Waals surface area contributed by atoms with Crippen molar-refractivity contribution in [1.29, 1.82) is 0 Å². The molecule has 0 aliphatic heterocycles. The van der Waals surface area contributed by atoms with Gasteiger partial charge in [0.2, 0.25) is 5.88 Å². The number of hydrogen-bond acceptors (Lipinski definition) is 2. The van der Waals surface area contributed by atoms with E-state index >= 15 is 0 Å². The maximum absolute atomic E-state index is 5.86. The summed E-state index contributed by atoms with van der Waals surface area (Å²) >= 11 is 2.24. The third-order valence-electron chi connectivity index (χ3n) is 3.26. The summed E-state index contributed by atoms with van der Waals surface area (Å²) in [6, 6.07) is 10.3. The lowest BCUT2D eigenvalue weighted by Gasteiger charge is -2.16. The van der Waals surface area contributed by atoms with Crippen molar-refractivity contribution in [3.8, 4) is 11.6 Å². The van der Waals surface area contributed by atoms with Crippen molar-refractivity contribution in [2.45, 2.75) is 25.7 Å². The van der Waals surface area contributed by atoms with Gasteiger partial charge in [-0.1, -0.05) is 6.07 Å². The van der Waals surface area contributed by atoms with E-state index in [4.69, 9.17) is 4.74 Å². The van der Waals surface area contributed by atoms with Crippen LogP contribution in [0.5, 0.6) is 11.6 Å². The Kier molecular flexibility index (Phi) is 3.50. The van der Waals surface area contributed by atoms with Crippen LogP contribution in [0.15, 0.2) is 36.5 Å². The van der Waals surface area contributed by atoms with Gasteiger partial charge >= 0.3 is 0 Å². The number of pyridine rings is 1. The topological polar surface area (TPSA) is 22.1 Å². The molecule has 1 aliphatic carbocycles. The summed E-state index contributed by atoms with van der Waals surface area (Å²) in [7, 11) is 0. The number of aryl methyl sites for hydroxylation is 2. The van der Waals surface area contributed by atoms with Crippen molar-refractivity contribution < 1.29 is 4.74 Å². The van der Waals surface area contributed by atoms with Crippen LogP contribution in [-0.4, -0.2) is 4.98 Å². The quantitative estimate of drug-likeness (QED) is 0.751. The van der Waals surface area contributed by atoms with Crippen LogP contribution < -0.4 is 4.74 Å². The lowest BCUT2D eigenvalue weighted by atomic mass is 9.92. The monoisotopic (exact) mass is 351 g/mol. The molecule has 0 bridgehead atoms. The average molecular weight is 351 g/mol. The summed E-state index contributed by atoms with van der Waals surface area (Å²) in [5, 5.41) is 0. The molecule has 18 heavy (non-hydrogen) atoms. The van der Waals surface area contributed by atoms with Crippen LogP contribution in [-0.2, 0) is 12.8 Å². The molecule has 3 heteroatoms. The predicted molar refractivity (Wildman–Crippen MR) is 80.1 cm³/mol. The average Bonchev–Trinajstić information content (AvgIpc) is 2.41. The van der Waals surface area contributed by atoms with E-state index in [1.165, 1.54) is 36.8 Å². The van der Waals surface area contributed by atoms with E-state index < -0.39 is 0 Å². The number of benzene rings is 1. The van der Waals surface area contributed by atoms with Gasteiger partial charge in [-0.25, -0.2) is 4.98 Å². The van der Waals surface area contributed by atoms with Crippen LogP contribution in [0.4, 0.5) is 0 Å². The first kappa shape index (κ1) is 12.0. The van der Waals surface area contributed by atoms with Gasteiger partial charge in [0, 0.05) is 6.20 Å². The van der Waals surface area contributed by atoms with Crippen LogP contribution in [0.25, 0.3) is 0 Å². The molecule has 1 aromatic carbocycles. The molecular weight excluding hydrogens is 337 g/mol. The van der Waals surface area contributed by atoms with Crippen LogP contribution in [0.1, 0.15) is 24.0 Å². The lowest BCUT2D eigenvalue weighted by Crippen LogP contribution is -2.02. The highest BCUT2D eigenvalue weighted by Gasteiger charge is 2.11. The maximum Gasteiger partial charge on any atom is 0.232 e. The fraction of sp³-hybridized carbons (Fsp3) is 0.267. The van der Waals surface area contributed by atoms with Crippen LogP contribution in [0, 0.1) is 3.57 Å². The van der Waals surface area contributed by atoms with Gasteiger partial charge in [-0.15, -0.1) is 0 Å². The van der Waals surface area contributed by atoms with Gasteiger partial charge in [-0.2, -0.15) is 0 Å². The largest absolute Gasteiger partial charge is 0.438 e. The minimum Gasteiger partial charge on any atom is -0.438 e. The molecule has 0 amide bonds. The first-order valence-corrected chi connectivity index (χ1v) is 7.31. The number of nitrogens with zero attached hydrogens (tertiary/aromatic N) is 1. The number of ether oxygens (including phenoxy) is 1. The van der Waals surface area contributed by atoms with Crippen molar-refractivity contribution >= 4 is 22.6 Å². The zero-order chi connectivity index (χ0) is 12.4. The lowest BCUT2D eigenvalue weighted by molar-refractivity contribution is 0.457. The Labute approximate surface area is 121 Å². The Morgan fingerprint density at radius 2 is 1.89 bits per heavy atom. The summed E-state index contributed by atoms with van der Waals surface area (Å²) < 4.78 is 6.89. The molecule has 0 radical (unpaired) electrons. The standard InChI is InChI=1S/C15H14INO/c16-14-6-3-9-17-15(14)18-13-8-7-11-4-1-2-5-12(11)10-13/h3,6-10H,1-2,4-5H2. The Balaban J connectivity index is 1.87. The van der Waals surface area contributed by atoms with Crippen molar-refractivity contribution in [3.63, 3.8) is 0 Å². The highest BCUT2D eigenvalue weighted by molar-refractivity contribution is 14.1. The Morgan fingerprint density at radius 3 is 2.72 bits per heavy atom. The fourth-order valence-corrected chi connectivity index (χ4v) is 2.79. The van der Waals surface area contributed by atoms with Crippen molar-refractivity contribution in [2.24, 2.45) is 0 Å². The van der Waals surface area contributed by atoms with E-state index in [1.807, 2.05) is 12.1 Å². The van der Waals surface area contributed by atoms with Gasteiger partial charge in [0.1, 0.15) is 5.75 Å². The highest BCUT2D eigenvalue weighted by atomic mass is 127. The Hall–Kier alpha value is -1.10. The number of aromatic nitrogens is 1. The molecule has 0 spiro atoms. The second kappa shape index (κ2) is 5.26.